The van der Waals surface area contributed by atoms with Gasteiger partial charge in [0.05, 0.1) is 11.3 Å². The monoisotopic (exact) mass is 348 g/mol. The number of hydrogen-bond donors (Lipinski definition) is 0. The minimum absolute atomic E-state index is 0.356. The Morgan fingerprint density at radius 2 is 1.45 bits per heavy atom. The Morgan fingerprint density at radius 3 is 2.00 bits per heavy atom. The molecule has 0 aromatic heterocycles. The predicted octanol–water partition coefficient (Wildman–Crippen LogP) is 4.01. The Hall–Kier alpha value is -0.480. The van der Waals surface area contributed by atoms with Crippen molar-refractivity contribution in [3.63, 3.8) is 0 Å². The zero-order valence-electron chi connectivity index (χ0n) is 13.2. The molecule has 1 aliphatic carbocycles. The lowest BCUT2D eigenvalue weighted by Gasteiger charge is -2.36. The van der Waals surface area contributed by atoms with Gasteiger partial charge >= 0.3 is 15.2 Å². The van der Waals surface area contributed by atoms with Gasteiger partial charge in [-0.25, -0.2) is 0 Å². The van der Waals surface area contributed by atoms with Gasteiger partial charge in [0.1, 0.15) is 0 Å². The van der Waals surface area contributed by atoms with E-state index >= 15 is 0 Å². The number of benzene rings is 1. The molecule has 0 amide bonds. The lowest BCUT2D eigenvalue weighted by molar-refractivity contribution is 0.249. The Balaban J connectivity index is 2.50. The average Bonchev–Trinajstić information content (AvgIpc) is 2.59. The zero-order valence-corrected chi connectivity index (χ0v) is 15.0. The highest BCUT2D eigenvalue weighted by molar-refractivity contribution is 7.55. The van der Waals surface area contributed by atoms with Crippen molar-refractivity contribution in [3.8, 4) is 0 Å². The molecule has 1 aromatic rings. The van der Waals surface area contributed by atoms with Gasteiger partial charge in [-0.05, 0) is 24.0 Å². The summed E-state index contributed by atoms with van der Waals surface area (Å²) in [5.74, 6) is 0. The van der Waals surface area contributed by atoms with Gasteiger partial charge < -0.3 is 18.1 Å². The summed E-state index contributed by atoms with van der Waals surface area (Å²) in [6.45, 7) is 0. The first kappa shape index (κ1) is 17.9. The molecule has 0 saturated carbocycles. The fraction of sp³-hybridized carbons (Fsp3) is 0.571. The highest BCUT2D eigenvalue weighted by atomic mass is 31.2. The van der Waals surface area contributed by atoms with Crippen molar-refractivity contribution in [1.82, 2.24) is 0 Å². The minimum Gasteiger partial charge on any atom is -0.312 e. The molecule has 2 rings (SSSR count). The maximum absolute atomic E-state index is 12.9. The fourth-order valence-corrected chi connectivity index (χ4v) is 6.57. The molecular weight excluding hydrogens is 326 g/mol. The molecule has 0 N–H and O–H groups in total. The van der Waals surface area contributed by atoms with Crippen LogP contribution in [0.2, 0.25) is 0 Å². The third kappa shape index (κ3) is 3.09. The second-order valence-electron chi connectivity index (χ2n) is 5.12. The summed E-state index contributed by atoms with van der Waals surface area (Å²) >= 11 is 0. The summed E-state index contributed by atoms with van der Waals surface area (Å²) in [5.41, 5.74) is 0.994. The van der Waals surface area contributed by atoms with E-state index < -0.39 is 20.9 Å². The summed E-state index contributed by atoms with van der Waals surface area (Å²) in [4.78, 5) is 0. The van der Waals surface area contributed by atoms with E-state index in [0.29, 0.717) is 12.8 Å². The zero-order chi connectivity index (χ0) is 16.4. The van der Waals surface area contributed by atoms with Crippen LogP contribution in [0.5, 0.6) is 0 Å². The maximum Gasteiger partial charge on any atom is 0.337 e. The fourth-order valence-electron chi connectivity index (χ4n) is 3.01. The third-order valence-corrected chi connectivity index (χ3v) is 8.79. The normalized spacial score (nSPS) is 22.4. The molecule has 0 spiro atoms. The molecule has 0 bridgehead atoms. The van der Waals surface area contributed by atoms with Gasteiger partial charge in [0, 0.05) is 28.4 Å². The summed E-state index contributed by atoms with van der Waals surface area (Å²) in [6.07, 6.45) is 0.897. The molecule has 1 aliphatic rings. The largest absolute Gasteiger partial charge is 0.337 e. The lowest BCUT2D eigenvalue weighted by Crippen LogP contribution is -2.25. The van der Waals surface area contributed by atoms with Crippen molar-refractivity contribution >= 4 is 15.2 Å². The van der Waals surface area contributed by atoms with Crippen LogP contribution in [0.4, 0.5) is 0 Å². The average molecular weight is 348 g/mol. The molecule has 22 heavy (non-hydrogen) atoms. The molecule has 1 aromatic carbocycles. The number of rotatable bonds is 6. The quantitative estimate of drug-likeness (QED) is 0.723. The standard InChI is InChI=1S/C14H22O6P2/c1-17-21(15,18-2)12-9-11-7-5-6-8-13(11)14(10-12)22(16,19-3)20-4/h5-8,12,14H,9-10H2,1-4H3. The van der Waals surface area contributed by atoms with E-state index in [1.54, 1.807) is 0 Å². The second-order valence-corrected chi connectivity index (χ2v) is 10.1. The molecule has 6 nitrogen and oxygen atoms in total. The molecule has 0 radical (unpaired) electrons. The van der Waals surface area contributed by atoms with Crippen LogP contribution in [0, 0.1) is 0 Å². The maximum atomic E-state index is 12.9. The van der Waals surface area contributed by atoms with Crippen molar-refractivity contribution in [3.05, 3.63) is 35.4 Å². The van der Waals surface area contributed by atoms with Crippen LogP contribution < -0.4 is 0 Å². The van der Waals surface area contributed by atoms with Gasteiger partial charge in [0.25, 0.3) is 0 Å². The van der Waals surface area contributed by atoms with E-state index in [1.807, 2.05) is 24.3 Å². The van der Waals surface area contributed by atoms with Gasteiger partial charge in [-0.1, -0.05) is 24.3 Å². The van der Waals surface area contributed by atoms with Gasteiger partial charge in [-0.15, -0.1) is 0 Å². The smallest absolute Gasteiger partial charge is 0.312 e. The summed E-state index contributed by atoms with van der Waals surface area (Å²) in [5, 5.41) is 0. The Kier molecular flexibility index (Phi) is 5.65. The molecule has 0 fully saturated rings. The topological polar surface area (TPSA) is 71.1 Å². The van der Waals surface area contributed by atoms with Crippen LogP contribution in [0.1, 0.15) is 23.2 Å². The SMILES string of the molecule is COP(=O)(OC)C1Cc2ccccc2C(P(=O)(OC)OC)C1. The third-order valence-electron chi connectivity index (χ3n) is 4.21. The summed E-state index contributed by atoms with van der Waals surface area (Å²) in [6, 6.07) is 7.62. The van der Waals surface area contributed by atoms with E-state index in [9.17, 15) is 9.13 Å². The van der Waals surface area contributed by atoms with Gasteiger partial charge in [0.2, 0.25) is 0 Å². The first-order valence-electron chi connectivity index (χ1n) is 6.94. The molecule has 0 aliphatic heterocycles. The first-order valence-corrected chi connectivity index (χ1v) is 10.2. The minimum atomic E-state index is -3.35. The summed E-state index contributed by atoms with van der Waals surface area (Å²) < 4.78 is 46.3. The van der Waals surface area contributed by atoms with Crippen molar-refractivity contribution in [1.29, 1.82) is 0 Å². The number of fused-ring (bicyclic) bond motifs is 1. The van der Waals surface area contributed by atoms with Crippen molar-refractivity contribution in [2.24, 2.45) is 0 Å². The molecule has 0 heterocycles. The van der Waals surface area contributed by atoms with E-state index in [0.717, 1.165) is 11.1 Å². The Labute approximate surface area is 131 Å². The molecule has 2 unspecified atom stereocenters. The molecule has 8 heteroatoms. The van der Waals surface area contributed by atoms with Gasteiger partial charge in [-0.2, -0.15) is 0 Å². The van der Waals surface area contributed by atoms with Gasteiger partial charge in [-0.3, -0.25) is 9.13 Å². The second kappa shape index (κ2) is 6.96. The molecule has 0 saturated heterocycles. The van der Waals surface area contributed by atoms with Crippen LogP contribution in [0.15, 0.2) is 24.3 Å². The van der Waals surface area contributed by atoms with Crippen LogP contribution in [0.3, 0.4) is 0 Å². The van der Waals surface area contributed by atoms with Crippen LogP contribution >= 0.6 is 15.2 Å². The Bertz CT molecular complexity index is 601. The van der Waals surface area contributed by atoms with E-state index in [2.05, 4.69) is 0 Å². The van der Waals surface area contributed by atoms with E-state index in [1.165, 1.54) is 28.4 Å². The Morgan fingerprint density at radius 1 is 0.909 bits per heavy atom. The van der Waals surface area contributed by atoms with Crippen molar-refractivity contribution < 1.29 is 27.2 Å². The van der Waals surface area contributed by atoms with E-state index in [-0.39, 0.29) is 5.66 Å². The van der Waals surface area contributed by atoms with Crippen LogP contribution in [-0.2, 0) is 33.6 Å². The highest BCUT2D eigenvalue weighted by Gasteiger charge is 2.46. The van der Waals surface area contributed by atoms with Crippen molar-refractivity contribution in [2.75, 3.05) is 28.4 Å². The predicted molar refractivity (Wildman–Crippen MR) is 84.5 cm³/mol. The summed E-state index contributed by atoms with van der Waals surface area (Å²) in [7, 11) is -1.16. The molecular formula is C14H22O6P2. The van der Waals surface area contributed by atoms with Crippen molar-refractivity contribution in [2.45, 2.75) is 24.2 Å². The molecule has 124 valence electrons. The van der Waals surface area contributed by atoms with E-state index in [4.69, 9.17) is 18.1 Å². The lowest BCUT2D eigenvalue weighted by atomic mass is 9.91. The van der Waals surface area contributed by atoms with Gasteiger partial charge in [0.15, 0.2) is 0 Å². The first-order chi connectivity index (χ1) is 10.4. The van der Waals surface area contributed by atoms with Crippen LogP contribution in [0.25, 0.3) is 0 Å². The van der Waals surface area contributed by atoms with Crippen LogP contribution in [-0.4, -0.2) is 34.1 Å². The highest BCUT2D eigenvalue weighted by Crippen LogP contribution is 2.67. The number of hydrogen-bond acceptors (Lipinski definition) is 6. The molecule has 2 atom stereocenters.